The summed E-state index contributed by atoms with van der Waals surface area (Å²) in [5.74, 6) is 0.674. The van der Waals surface area contributed by atoms with Gasteiger partial charge in [0.2, 0.25) is 0 Å². The van der Waals surface area contributed by atoms with Crippen LogP contribution in [-0.4, -0.2) is 13.1 Å². The molecule has 2 aromatic rings. The Labute approximate surface area is 215 Å². The van der Waals surface area contributed by atoms with Gasteiger partial charge in [0.25, 0.3) is 5.70 Å². The van der Waals surface area contributed by atoms with Crippen LogP contribution in [0.3, 0.4) is 0 Å². The molecular formula is C32H33N3O. The highest BCUT2D eigenvalue weighted by Crippen LogP contribution is 2.49. The Balaban J connectivity index is 1.56. The molecule has 0 saturated carbocycles. The standard InChI is InChI=1S/C32H33N3O/c1-31(2)13-15-35-16-14-32(3,4)27-18-22(17-26(31)30(27)35)11-12-25-19-24(28(21-33)34-5)20-29(36-25)23-9-7-6-8-10-23/h6-12,17-19,29H,13-16,20H2,1-4H3/b12-11+,28-24+. The molecular weight excluding hydrogens is 442 g/mol. The largest absolute Gasteiger partial charge is 0.485 e. The molecule has 5 rings (SSSR count). The van der Waals surface area contributed by atoms with Crippen molar-refractivity contribution in [2.24, 2.45) is 0 Å². The molecule has 1 atom stereocenters. The normalized spacial score (nSPS) is 23.1. The lowest BCUT2D eigenvalue weighted by Crippen LogP contribution is -2.44. The van der Waals surface area contributed by atoms with Gasteiger partial charge in [-0.05, 0) is 75.8 Å². The number of ether oxygens (including phenoxy) is 1. The summed E-state index contributed by atoms with van der Waals surface area (Å²) < 4.78 is 6.36. The molecule has 0 saturated heterocycles. The molecule has 0 amide bonds. The fraction of sp³-hybridized carbons (Fsp3) is 0.375. The summed E-state index contributed by atoms with van der Waals surface area (Å²) >= 11 is 0. The van der Waals surface area contributed by atoms with Gasteiger partial charge in [0.1, 0.15) is 11.9 Å². The molecule has 2 aromatic carbocycles. The van der Waals surface area contributed by atoms with Crippen molar-refractivity contribution < 1.29 is 4.74 Å². The van der Waals surface area contributed by atoms with E-state index < -0.39 is 0 Å². The van der Waals surface area contributed by atoms with Crippen molar-refractivity contribution in [2.75, 3.05) is 18.0 Å². The maximum Gasteiger partial charge on any atom is 0.265 e. The molecule has 0 spiro atoms. The van der Waals surface area contributed by atoms with E-state index in [-0.39, 0.29) is 22.6 Å². The summed E-state index contributed by atoms with van der Waals surface area (Å²) in [6.07, 6.45) is 8.55. The topological polar surface area (TPSA) is 40.6 Å². The average Bonchev–Trinajstić information content (AvgIpc) is 2.87. The van der Waals surface area contributed by atoms with Gasteiger partial charge in [0, 0.05) is 25.2 Å². The second kappa shape index (κ2) is 9.03. The minimum absolute atomic E-state index is 0.129. The smallest absolute Gasteiger partial charge is 0.265 e. The average molecular weight is 476 g/mol. The van der Waals surface area contributed by atoms with E-state index in [4.69, 9.17) is 11.3 Å². The molecule has 1 unspecified atom stereocenters. The van der Waals surface area contributed by atoms with Gasteiger partial charge in [0.15, 0.2) is 0 Å². The van der Waals surface area contributed by atoms with E-state index in [9.17, 15) is 5.26 Å². The van der Waals surface area contributed by atoms with Crippen LogP contribution in [0.5, 0.6) is 0 Å². The number of hydrogen-bond donors (Lipinski definition) is 0. The number of benzene rings is 2. The number of nitriles is 1. The number of nitrogens with zero attached hydrogens (tertiary/aromatic N) is 3. The van der Waals surface area contributed by atoms with E-state index >= 15 is 0 Å². The number of anilines is 1. The lowest BCUT2D eigenvalue weighted by atomic mass is 9.69. The zero-order chi connectivity index (χ0) is 25.5. The summed E-state index contributed by atoms with van der Waals surface area (Å²) in [5.41, 5.74) is 7.62. The first kappa shape index (κ1) is 24.0. The van der Waals surface area contributed by atoms with Crippen molar-refractivity contribution in [1.29, 1.82) is 5.26 Å². The first-order valence-electron chi connectivity index (χ1n) is 12.8. The van der Waals surface area contributed by atoms with Crippen LogP contribution in [0.4, 0.5) is 5.69 Å². The Hall–Kier alpha value is -3.76. The predicted molar refractivity (Wildman–Crippen MR) is 145 cm³/mol. The van der Waals surface area contributed by atoms with Crippen LogP contribution >= 0.6 is 0 Å². The third-order valence-electron chi connectivity index (χ3n) is 8.05. The second-order valence-electron chi connectivity index (χ2n) is 11.4. The monoisotopic (exact) mass is 475 g/mol. The minimum Gasteiger partial charge on any atom is -0.485 e. The van der Waals surface area contributed by atoms with Crippen molar-refractivity contribution in [3.05, 3.63) is 105 Å². The Kier molecular flexibility index (Phi) is 6.01. The van der Waals surface area contributed by atoms with Gasteiger partial charge in [-0.25, -0.2) is 10.1 Å². The van der Waals surface area contributed by atoms with E-state index in [1.54, 1.807) is 0 Å². The molecule has 3 heterocycles. The zero-order valence-electron chi connectivity index (χ0n) is 21.6. The first-order valence-corrected chi connectivity index (χ1v) is 12.8. The molecule has 3 aliphatic rings. The highest BCUT2D eigenvalue weighted by atomic mass is 16.5. The number of rotatable bonds is 3. The molecule has 0 aromatic heterocycles. The van der Waals surface area contributed by atoms with E-state index in [2.05, 4.69) is 61.7 Å². The van der Waals surface area contributed by atoms with Crippen LogP contribution in [0.1, 0.15) is 75.3 Å². The Morgan fingerprint density at radius 1 is 1.06 bits per heavy atom. The molecule has 182 valence electrons. The molecule has 36 heavy (non-hydrogen) atoms. The fourth-order valence-electron chi connectivity index (χ4n) is 5.68. The van der Waals surface area contributed by atoms with Crippen molar-refractivity contribution in [3.63, 3.8) is 0 Å². The lowest BCUT2D eigenvalue weighted by Gasteiger charge is -2.48. The third-order valence-corrected chi connectivity index (χ3v) is 8.05. The quantitative estimate of drug-likeness (QED) is 0.339. The van der Waals surface area contributed by atoms with Crippen LogP contribution in [-0.2, 0) is 15.6 Å². The Morgan fingerprint density at radius 3 is 2.28 bits per heavy atom. The van der Waals surface area contributed by atoms with Gasteiger partial charge in [-0.3, -0.25) is 0 Å². The van der Waals surface area contributed by atoms with Crippen LogP contribution in [0.15, 0.2) is 71.6 Å². The summed E-state index contributed by atoms with van der Waals surface area (Å²) in [6.45, 7) is 19.1. The molecule has 0 bridgehead atoms. The third kappa shape index (κ3) is 4.33. The van der Waals surface area contributed by atoms with Crippen LogP contribution in [0.2, 0.25) is 0 Å². The molecule has 4 nitrogen and oxygen atoms in total. The zero-order valence-corrected chi connectivity index (χ0v) is 21.6. The van der Waals surface area contributed by atoms with Crippen LogP contribution < -0.4 is 4.90 Å². The van der Waals surface area contributed by atoms with Crippen molar-refractivity contribution in [1.82, 2.24) is 0 Å². The van der Waals surface area contributed by atoms with E-state index in [1.165, 1.54) is 16.8 Å². The van der Waals surface area contributed by atoms with Crippen LogP contribution in [0.25, 0.3) is 10.9 Å². The van der Waals surface area contributed by atoms with Crippen molar-refractivity contribution in [3.8, 4) is 6.07 Å². The molecule has 0 fully saturated rings. The van der Waals surface area contributed by atoms with Gasteiger partial charge in [-0.2, -0.15) is 0 Å². The number of hydrogen-bond acceptors (Lipinski definition) is 3. The highest BCUT2D eigenvalue weighted by Gasteiger charge is 2.39. The van der Waals surface area contributed by atoms with Gasteiger partial charge in [-0.1, -0.05) is 64.1 Å². The van der Waals surface area contributed by atoms with Gasteiger partial charge in [0.05, 0.1) is 12.6 Å². The SMILES string of the molecule is [C-]#[N+]/C(C#N)=C1C=C(/C=C/c2cc3c4c(c2)C(C)(C)CCN4CCC3(C)C)OC(c2ccccc2)C\1. The molecule has 0 radical (unpaired) electrons. The summed E-state index contributed by atoms with van der Waals surface area (Å²) in [7, 11) is 0. The van der Waals surface area contributed by atoms with E-state index in [0.717, 1.165) is 42.6 Å². The summed E-state index contributed by atoms with van der Waals surface area (Å²) in [5, 5.41) is 9.51. The van der Waals surface area contributed by atoms with Gasteiger partial charge >= 0.3 is 0 Å². The van der Waals surface area contributed by atoms with Gasteiger partial charge in [-0.15, -0.1) is 0 Å². The second-order valence-corrected chi connectivity index (χ2v) is 11.4. The molecule has 3 aliphatic heterocycles. The van der Waals surface area contributed by atoms with Crippen LogP contribution in [0, 0.1) is 17.9 Å². The predicted octanol–water partition coefficient (Wildman–Crippen LogP) is 7.61. The maximum absolute atomic E-state index is 9.51. The fourth-order valence-corrected chi connectivity index (χ4v) is 5.68. The maximum atomic E-state index is 9.51. The minimum atomic E-state index is -0.230. The van der Waals surface area contributed by atoms with Gasteiger partial charge < -0.3 is 9.64 Å². The molecule has 0 aliphatic carbocycles. The molecule has 0 N–H and O–H groups in total. The molecule has 4 heteroatoms. The Bertz CT molecular complexity index is 1310. The highest BCUT2D eigenvalue weighted by molar-refractivity contribution is 5.72. The number of allylic oxidation sites excluding steroid dienone is 3. The first-order chi connectivity index (χ1) is 17.2. The lowest BCUT2D eigenvalue weighted by molar-refractivity contribution is 0.118. The Morgan fingerprint density at radius 2 is 1.69 bits per heavy atom. The van der Waals surface area contributed by atoms with E-state index in [1.807, 2.05) is 42.5 Å². The summed E-state index contributed by atoms with van der Waals surface area (Å²) in [6, 6.07) is 16.8. The van der Waals surface area contributed by atoms with Crippen molar-refractivity contribution in [2.45, 2.75) is 63.9 Å². The van der Waals surface area contributed by atoms with Crippen molar-refractivity contribution >= 4 is 11.8 Å². The van der Waals surface area contributed by atoms with E-state index in [0.29, 0.717) is 12.2 Å². The summed E-state index contributed by atoms with van der Waals surface area (Å²) in [4.78, 5) is 6.05.